The second kappa shape index (κ2) is 3.29. The summed E-state index contributed by atoms with van der Waals surface area (Å²) in [5, 5.41) is 10.8. The minimum Gasteiger partial charge on any atom is -0.326 e. The number of nitrogens with two attached hydrogens (primary N) is 1. The summed E-state index contributed by atoms with van der Waals surface area (Å²) in [7, 11) is 0. The molecule has 1 aromatic carbocycles. The van der Waals surface area contributed by atoms with Crippen LogP contribution < -0.4 is 10.8 Å². The SMILES string of the molecule is NC1Cc2ccc(Br)cc2N(O)C1. The van der Waals surface area contributed by atoms with Crippen LogP contribution in [0.4, 0.5) is 5.69 Å². The number of hydrogen-bond acceptors (Lipinski definition) is 3. The highest BCUT2D eigenvalue weighted by molar-refractivity contribution is 9.10. The second-order valence-electron chi connectivity index (χ2n) is 3.32. The molecule has 70 valence electrons. The normalized spacial score (nSPS) is 21.5. The van der Waals surface area contributed by atoms with Gasteiger partial charge >= 0.3 is 0 Å². The highest BCUT2D eigenvalue weighted by atomic mass is 79.9. The Morgan fingerprint density at radius 3 is 3.08 bits per heavy atom. The predicted octanol–water partition coefficient (Wildman–Crippen LogP) is 1.53. The number of benzene rings is 1. The fourth-order valence-electron chi connectivity index (χ4n) is 1.62. The Hall–Kier alpha value is -0.580. The van der Waals surface area contributed by atoms with E-state index in [9.17, 15) is 5.21 Å². The van der Waals surface area contributed by atoms with Crippen LogP contribution in [0, 0.1) is 0 Å². The molecule has 3 nitrogen and oxygen atoms in total. The third kappa shape index (κ3) is 1.70. The lowest BCUT2D eigenvalue weighted by Crippen LogP contribution is -2.41. The molecule has 1 aliphatic rings. The van der Waals surface area contributed by atoms with E-state index in [4.69, 9.17) is 5.73 Å². The molecule has 0 aliphatic carbocycles. The van der Waals surface area contributed by atoms with Crippen molar-refractivity contribution in [3.8, 4) is 0 Å². The minimum atomic E-state index is 0.0266. The van der Waals surface area contributed by atoms with Crippen molar-refractivity contribution in [2.24, 2.45) is 5.73 Å². The lowest BCUT2D eigenvalue weighted by atomic mass is 10.0. The van der Waals surface area contributed by atoms with Gasteiger partial charge < -0.3 is 5.73 Å². The fraction of sp³-hybridized carbons (Fsp3) is 0.333. The molecule has 2 rings (SSSR count). The van der Waals surface area contributed by atoms with Crippen molar-refractivity contribution in [3.63, 3.8) is 0 Å². The molecule has 1 unspecified atom stereocenters. The van der Waals surface area contributed by atoms with E-state index in [2.05, 4.69) is 15.9 Å². The molecule has 1 aliphatic heterocycles. The van der Waals surface area contributed by atoms with Crippen molar-refractivity contribution in [2.75, 3.05) is 11.6 Å². The van der Waals surface area contributed by atoms with Crippen LogP contribution in [0.25, 0.3) is 0 Å². The Balaban J connectivity index is 2.43. The molecule has 3 N–H and O–H groups in total. The summed E-state index contributed by atoms with van der Waals surface area (Å²) >= 11 is 3.36. The molecular weight excluding hydrogens is 232 g/mol. The van der Waals surface area contributed by atoms with E-state index in [1.54, 1.807) is 0 Å². The highest BCUT2D eigenvalue weighted by Crippen LogP contribution is 2.28. The van der Waals surface area contributed by atoms with Gasteiger partial charge in [-0.1, -0.05) is 22.0 Å². The molecule has 4 heteroatoms. The highest BCUT2D eigenvalue weighted by Gasteiger charge is 2.20. The van der Waals surface area contributed by atoms with E-state index < -0.39 is 0 Å². The van der Waals surface area contributed by atoms with Gasteiger partial charge in [0.05, 0.1) is 12.2 Å². The van der Waals surface area contributed by atoms with Gasteiger partial charge in [0.15, 0.2) is 0 Å². The van der Waals surface area contributed by atoms with Crippen LogP contribution >= 0.6 is 15.9 Å². The van der Waals surface area contributed by atoms with Crippen LogP contribution in [0.3, 0.4) is 0 Å². The van der Waals surface area contributed by atoms with Gasteiger partial charge in [-0.15, -0.1) is 0 Å². The summed E-state index contributed by atoms with van der Waals surface area (Å²) < 4.78 is 0.973. The van der Waals surface area contributed by atoms with Crippen molar-refractivity contribution >= 4 is 21.6 Å². The number of hydroxylamine groups is 1. The van der Waals surface area contributed by atoms with Crippen LogP contribution in [0.2, 0.25) is 0 Å². The number of hydrogen-bond donors (Lipinski definition) is 2. The zero-order chi connectivity index (χ0) is 9.42. The van der Waals surface area contributed by atoms with Crippen molar-refractivity contribution in [3.05, 3.63) is 28.2 Å². The molecule has 0 aromatic heterocycles. The van der Waals surface area contributed by atoms with E-state index in [0.717, 1.165) is 22.1 Å². The van der Waals surface area contributed by atoms with Crippen LogP contribution in [0.1, 0.15) is 5.56 Å². The van der Waals surface area contributed by atoms with E-state index in [0.29, 0.717) is 6.54 Å². The summed E-state index contributed by atoms with van der Waals surface area (Å²) in [6.07, 6.45) is 0.833. The maximum Gasteiger partial charge on any atom is 0.0678 e. The molecule has 1 aromatic rings. The van der Waals surface area contributed by atoms with Gasteiger partial charge in [0.1, 0.15) is 0 Å². The summed E-state index contributed by atoms with van der Waals surface area (Å²) in [5.74, 6) is 0. The monoisotopic (exact) mass is 242 g/mol. The first kappa shape index (κ1) is 8.99. The first-order valence-corrected chi connectivity index (χ1v) is 4.96. The predicted molar refractivity (Wildman–Crippen MR) is 55.0 cm³/mol. The summed E-state index contributed by atoms with van der Waals surface area (Å²) in [6, 6.07) is 5.88. The summed E-state index contributed by atoms with van der Waals surface area (Å²) in [4.78, 5) is 0. The largest absolute Gasteiger partial charge is 0.326 e. The quantitative estimate of drug-likeness (QED) is 0.726. The topological polar surface area (TPSA) is 49.5 Å². The van der Waals surface area contributed by atoms with Crippen molar-refractivity contribution in [2.45, 2.75) is 12.5 Å². The van der Waals surface area contributed by atoms with Crippen molar-refractivity contribution in [1.82, 2.24) is 0 Å². The van der Waals surface area contributed by atoms with E-state index in [-0.39, 0.29) is 6.04 Å². The third-order valence-corrected chi connectivity index (χ3v) is 2.71. The van der Waals surface area contributed by atoms with Gasteiger partial charge in [-0.25, -0.2) is 0 Å². The Kier molecular flexibility index (Phi) is 2.27. The molecule has 0 radical (unpaired) electrons. The van der Waals surface area contributed by atoms with E-state index in [1.807, 2.05) is 18.2 Å². The zero-order valence-corrected chi connectivity index (χ0v) is 8.66. The molecule has 1 atom stereocenters. The average molecular weight is 243 g/mol. The number of anilines is 1. The van der Waals surface area contributed by atoms with Crippen LogP contribution in [-0.2, 0) is 6.42 Å². The zero-order valence-electron chi connectivity index (χ0n) is 7.07. The molecule has 0 fully saturated rings. The molecule has 1 heterocycles. The minimum absolute atomic E-state index is 0.0266. The molecular formula is C9H11BrN2O. The van der Waals surface area contributed by atoms with E-state index in [1.165, 1.54) is 5.06 Å². The number of rotatable bonds is 0. The molecule has 0 amide bonds. The smallest absolute Gasteiger partial charge is 0.0678 e. The number of fused-ring (bicyclic) bond motifs is 1. The first-order valence-electron chi connectivity index (χ1n) is 4.17. The van der Waals surface area contributed by atoms with Gasteiger partial charge in [0.2, 0.25) is 0 Å². The Bertz CT molecular complexity index is 329. The summed E-state index contributed by atoms with van der Waals surface area (Å²) in [5.41, 5.74) is 7.72. The average Bonchev–Trinajstić information content (AvgIpc) is 2.06. The molecule has 0 saturated carbocycles. The maximum atomic E-state index is 9.59. The maximum absolute atomic E-state index is 9.59. The second-order valence-corrected chi connectivity index (χ2v) is 4.24. The lowest BCUT2D eigenvalue weighted by molar-refractivity contribution is 0.238. The first-order chi connectivity index (χ1) is 6.16. The van der Waals surface area contributed by atoms with Crippen LogP contribution in [0.15, 0.2) is 22.7 Å². The Morgan fingerprint density at radius 2 is 2.31 bits per heavy atom. The van der Waals surface area contributed by atoms with Crippen LogP contribution in [-0.4, -0.2) is 17.8 Å². The molecule has 0 spiro atoms. The Morgan fingerprint density at radius 1 is 1.54 bits per heavy atom. The number of halogens is 1. The van der Waals surface area contributed by atoms with Crippen molar-refractivity contribution in [1.29, 1.82) is 0 Å². The molecule has 0 saturated heterocycles. The fourth-order valence-corrected chi connectivity index (χ4v) is 1.97. The molecule has 13 heavy (non-hydrogen) atoms. The molecule has 0 bridgehead atoms. The lowest BCUT2D eigenvalue weighted by Gasteiger charge is -2.29. The van der Waals surface area contributed by atoms with Gasteiger partial charge in [-0.3, -0.25) is 10.3 Å². The third-order valence-electron chi connectivity index (χ3n) is 2.21. The van der Waals surface area contributed by atoms with Crippen molar-refractivity contribution < 1.29 is 5.21 Å². The Labute approximate surface area is 85.2 Å². The van der Waals surface area contributed by atoms with Crippen LogP contribution in [0.5, 0.6) is 0 Å². The van der Waals surface area contributed by atoms with Gasteiger partial charge in [0, 0.05) is 10.5 Å². The standard InChI is InChI=1S/C9H11BrN2O/c10-7-2-1-6-3-8(11)5-12(13)9(6)4-7/h1-2,4,8,13H,3,5,11H2. The number of nitrogens with zero attached hydrogens (tertiary/aromatic N) is 1. The van der Waals surface area contributed by atoms with Gasteiger partial charge in [0.25, 0.3) is 0 Å². The summed E-state index contributed by atoms with van der Waals surface area (Å²) in [6.45, 7) is 0.503. The van der Waals surface area contributed by atoms with E-state index >= 15 is 0 Å². The van der Waals surface area contributed by atoms with Gasteiger partial charge in [-0.05, 0) is 24.1 Å². The van der Waals surface area contributed by atoms with Gasteiger partial charge in [-0.2, -0.15) is 0 Å².